The van der Waals surface area contributed by atoms with Gasteiger partial charge in [0.2, 0.25) is 11.8 Å². The van der Waals surface area contributed by atoms with Crippen molar-refractivity contribution in [2.24, 2.45) is 5.41 Å². The molecule has 2 atom stereocenters. The van der Waals surface area contributed by atoms with Gasteiger partial charge in [0.05, 0.1) is 16.1 Å². The standard InChI is InChI=1S/C44H50ClFN8O4/c1-29-26-44(28-54(29)35-7-4-31(27-47)37(45)24-35)14-18-50(19-15-44)32-5-2-30(3-6-32)43(58)53-16-12-33(13-17-53)51-20-22-52(23-21-51)34-8-9-36(38(46)25-34)41(56)48-39-10-11-40(55)49-42(39)57/h2-9,24-25,29,33,39H,10-23,26,28H2,1H3,(H,48,56)(H,49,55,57)/t29-,39+/m1/s1. The highest BCUT2D eigenvalue weighted by molar-refractivity contribution is 6.32. The number of hydrogen-bond acceptors (Lipinski definition) is 9. The molecule has 0 bridgehead atoms. The molecule has 0 aliphatic carbocycles. The number of nitrogens with zero attached hydrogens (tertiary/aromatic N) is 6. The third kappa shape index (κ3) is 8.22. The number of piperazine rings is 1. The van der Waals surface area contributed by atoms with E-state index in [-0.39, 0.29) is 35.6 Å². The van der Waals surface area contributed by atoms with Crippen molar-refractivity contribution >= 4 is 52.3 Å². The van der Waals surface area contributed by atoms with Crippen LogP contribution in [0.4, 0.5) is 21.5 Å². The Morgan fingerprint density at radius 3 is 2.19 bits per heavy atom. The lowest BCUT2D eigenvalue weighted by molar-refractivity contribution is -0.134. The van der Waals surface area contributed by atoms with Gasteiger partial charge in [-0.05, 0) is 112 Å². The average molecular weight is 809 g/mol. The van der Waals surface area contributed by atoms with Gasteiger partial charge < -0.3 is 24.9 Å². The van der Waals surface area contributed by atoms with Crippen LogP contribution in [0.25, 0.3) is 0 Å². The molecule has 304 valence electrons. The number of carbonyl (C=O) groups is 4. The fourth-order valence-corrected chi connectivity index (χ4v) is 9.99. The van der Waals surface area contributed by atoms with Crippen LogP contribution in [0.2, 0.25) is 5.02 Å². The van der Waals surface area contributed by atoms with Crippen LogP contribution in [-0.4, -0.2) is 110 Å². The number of benzene rings is 3. The van der Waals surface area contributed by atoms with Gasteiger partial charge in [0, 0.05) is 100 Å². The van der Waals surface area contributed by atoms with E-state index in [1.54, 1.807) is 6.07 Å². The normalized spacial score (nSPS) is 22.9. The SMILES string of the molecule is C[C@@H]1CC2(CCN(c3ccc(C(=O)N4CCC(N5CCN(c6ccc(C(=O)N[C@H]7CCC(=O)NC7=O)c(F)c6)CC5)CC4)cc3)CC2)CN1c1ccc(C#N)c(Cl)c1. The number of rotatable bonds is 7. The Balaban J connectivity index is 0.775. The van der Waals surface area contributed by atoms with Crippen LogP contribution >= 0.6 is 11.6 Å². The zero-order valence-electron chi connectivity index (χ0n) is 32.9. The first-order valence-corrected chi connectivity index (χ1v) is 20.9. The molecule has 8 rings (SSSR count). The molecule has 5 aliphatic heterocycles. The lowest BCUT2D eigenvalue weighted by atomic mass is 9.76. The molecule has 0 radical (unpaired) electrons. The molecular formula is C44H50ClFN8O4. The van der Waals surface area contributed by atoms with Gasteiger partial charge in [-0.15, -0.1) is 0 Å². The highest BCUT2D eigenvalue weighted by Gasteiger charge is 2.44. The minimum absolute atomic E-state index is 0.0756. The summed E-state index contributed by atoms with van der Waals surface area (Å²) < 4.78 is 15.1. The number of nitrogens with one attached hydrogen (secondary N) is 2. The minimum Gasteiger partial charge on any atom is -0.371 e. The van der Waals surface area contributed by atoms with Crippen LogP contribution in [0.3, 0.4) is 0 Å². The van der Waals surface area contributed by atoms with Crippen molar-refractivity contribution in [3.05, 3.63) is 88.2 Å². The van der Waals surface area contributed by atoms with Gasteiger partial charge in [-0.1, -0.05) is 11.6 Å². The van der Waals surface area contributed by atoms with Crippen molar-refractivity contribution in [3.8, 4) is 6.07 Å². The molecular weight excluding hydrogens is 759 g/mol. The molecule has 3 aromatic rings. The Hall–Kier alpha value is -5.19. The van der Waals surface area contributed by atoms with E-state index in [1.165, 1.54) is 12.1 Å². The molecule has 12 nitrogen and oxygen atoms in total. The van der Waals surface area contributed by atoms with Crippen LogP contribution in [0, 0.1) is 22.6 Å². The number of nitriles is 1. The smallest absolute Gasteiger partial charge is 0.254 e. The Morgan fingerprint density at radius 1 is 0.862 bits per heavy atom. The number of piperidine rings is 3. The predicted octanol–water partition coefficient (Wildman–Crippen LogP) is 5.20. The van der Waals surface area contributed by atoms with Gasteiger partial charge >= 0.3 is 0 Å². The maximum atomic E-state index is 15.1. The van der Waals surface area contributed by atoms with Gasteiger partial charge in [0.1, 0.15) is 17.9 Å². The highest BCUT2D eigenvalue weighted by Crippen LogP contribution is 2.46. The van der Waals surface area contributed by atoms with Gasteiger partial charge in [-0.25, -0.2) is 4.39 Å². The lowest BCUT2D eigenvalue weighted by Crippen LogP contribution is -2.53. The number of hydrogen-bond donors (Lipinski definition) is 2. The number of likely N-dealkylation sites (tertiary alicyclic amines) is 1. The van der Waals surface area contributed by atoms with Crippen LogP contribution in [0.15, 0.2) is 60.7 Å². The molecule has 58 heavy (non-hydrogen) atoms. The quantitative estimate of drug-likeness (QED) is 0.310. The van der Waals surface area contributed by atoms with Crippen molar-refractivity contribution < 1.29 is 23.6 Å². The Kier molecular flexibility index (Phi) is 11.3. The van der Waals surface area contributed by atoms with Crippen LogP contribution in [0.1, 0.15) is 78.1 Å². The summed E-state index contributed by atoms with van der Waals surface area (Å²) in [6.45, 7) is 9.70. The maximum absolute atomic E-state index is 15.1. The zero-order valence-corrected chi connectivity index (χ0v) is 33.6. The van der Waals surface area contributed by atoms with E-state index in [9.17, 15) is 24.4 Å². The van der Waals surface area contributed by atoms with Crippen molar-refractivity contribution in [1.29, 1.82) is 5.26 Å². The number of carbonyl (C=O) groups excluding carboxylic acids is 4. The highest BCUT2D eigenvalue weighted by atomic mass is 35.5. The summed E-state index contributed by atoms with van der Waals surface area (Å²) in [4.78, 5) is 61.2. The first-order chi connectivity index (χ1) is 28.0. The van der Waals surface area contributed by atoms with Gasteiger partial charge in [-0.3, -0.25) is 29.4 Å². The van der Waals surface area contributed by atoms with E-state index >= 15 is 4.39 Å². The van der Waals surface area contributed by atoms with E-state index in [4.69, 9.17) is 11.6 Å². The van der Waals surface area contributed by atoms with Gasteiger partial charge in [-0.2, -0.15) is 5.26 Å². The van der Waals surface area contributed by atoms with Gasteiger partial charge in [0.15, 0.2) is 0 Å². The first kappa shape index (κ1) is 39.6. The monoisotopic (exact) mass is 808 g/mol. The Bertz CT molecular complexity index is 2100. The van der Waals surface area contributed by atoms with Crippen molar-refractivity contribution in [1.82, 2.24) is 20.4 Å². The number of anilines is 3. The van der Waals surface area contributed by atoms with Gasteiger partial charge in [0.25, 0.3) is 11.8 Å². The molecule has 0 saturated carbocycles. The predicted molar refractivity (Wildman–Crippen MR) is 221 cm³/mol. The number of imide groups is 1. The van der Waals surface area contributed by atoms with Crippen LogP contribution in [-0.2, 0) is 9.59 Å². The third-order valence-corrected chi connectivity index (χ3v) is 13.5. The third-order valence-electron chi connectivity index (χ3n) is 13.2. The zero-order chi connectivity index (χ0) is 40.6. The minimum atomic E-state index is -0.868. The van der Waals surface area contributed by atoms with Crippen molar-refractivity contribution in [2.75, 3.05) is 73.6 Å². The molecule has 5 saturated heterocycles. The second kappa shape index (κ2) is 16.6. The molecule has 5 heterocycles. The Labute approximate surface area is 343 Å². The second-order valence-electron chi connectivity index (χ2n) is 16.7. The summed E-state index contributed by atoms with van der Waals surface area (Å²) in [5.41, 5.74) is 4.27. The van der Waals surface area contributed by atoms with E-state index in [1.807, 2.05) is 35.2 Å². The molecule has 4 amide bonds. The van der Waals surface area contributed by atoms with Crippen LogP contribution < -0.4 is 25.3 Å². The molecule has 5 aliphatic rings. The molecule has 0 aromatic heterocycles. The van der Waals surface area contributed by atoms with Crippen molar-refractivity contribution in [2.45, 2.75) is 70.0 Å². The molecule has 2 N–H and O–H groups in total. The van der Waals surface area contributed by atoms with E-state index in [2.05, 4.69) is 55.4 Å². The summed E-state index contributed by atoms with van der Waals surface area (Å²) in [7, 11) is 0. The summed E-state index contributed by atoms with van der Waals surface area (Å²) in [5.74, 6) is -2.22. The fourth-order valence-electron chi connectivity index (χ4n) is 9.77. The summed E-state index contributed by atoms with van der Waals surface area (Å²) in [6, 6.07) is 20.5. The topological polar surface area (TPSA) is 132 Å². The first-order valence-electron chi connectivity index (χ1n) is 20.5. The van der Waals surface area contributed by atoms with Crippen molar-refractivity contribution in [3.63, 3.8) is 0 Å². The lowest BCUT2D eigenvalue weighted by Gasteiger charge is -2.43. The number of halogens is 2. The van der Waals surface area contributed by atoms with E-state index < -0.39 is 23.7 Å². The molecule has 1 spiro atoms. The number of amides is 4. The average Bonchev–Trinajstić information content (AvgIpc) is 3.56. The summed E-state index contributed by atoms with van der Waals surface area (Å²) in [5, 5.41) is 14.5. The molecule has 14 heteroatoms. The maximum Gasteiger partial charge on any atom is 0.254 e. The largest absolute Gasteiger partial charge is 0.371 e. The van der Waals surface area contributed by atoms with E-state index in [0.717, 1.165) is 94.9 Å². The molecule has 0 unspecified atom stereocenters. The Morgan fingerprint density at radius 2 is 1.53 bits per heavy atom. The molecule has 3 aromatic carbocycles. The van der Waals surface area contributed by atoms with E-state index in [0.29, 0.717) is 41.4 Å². The second-order valence-corrected chi connectivity index (χ2v) is 17.1. The van der Waals surface area contributed by atoms with Crippen LogP contribution in [0.5, 0.6) is 0 Å². The molecule has 5 fully saturated rings. The fraction of sp³-hybridized carbons (Fsp3) is 0.477. The summed E-state index contributed by atoms with van der Waals surface area (Å²) in [6.07, 6.45) is 5.45. The summed E-state index contributed by atoms with van der Waals surface area (Å²) >= 11 is 6.37.